The second-order valence-electron chi connectivity index (χ2n) is 7.01. The molecule has 30 heavy (non-hydrogen) atoms. The Kier molecular flexibility index (Phi) is 7.33. The van der Waals surface area contributed by atoms with Gasteiger partial charge in [-0.25, -0.2) is 4.79 Å². The van der Waals surface area contributed by atoms with Crippen LogP contribution in [0.25, 0.3) is 0 Å². The van der Waals surface area contributed by atoms with E-state index in [0.717, 1.165) is 11.1 Å². The highest BCUT2D eigenvalue weighted by Gasteiger charge is 2.20. The van der Waals surface area contributed by atoms with E-state index in [9.17, 15) is 4.79 Å². The molecule has 0 N–H and O–H groups in total. The molecule has 0 amide bonds. The predicted molar refractivity (Wildman–Crippen MR) is 115 cm³/mol. The summed E-state index contributed by atoms with van der Waals surface area (Å²) in [5, 5.41) is 0. The van der Waals surface area contributed by atoms with Gasteiger partial charge in [0.2, 0.25) is 5.75 Å². The average molecular weight is 406 g/mol. The normalized spacial score (nSPS) is 10.5. The maximum absolute atomic E-state index is 12.2. The zero-order valence-electron chi connectivity index (χ0n) is 17.5. The summed E-state index contributed by atoms with van der Waals surface area (Å²) in [5.74, 6) is 0.846. The molecule has 5 heteroatoms. The fraction of sp³-hybridized carbons (Fsp3) is 0.240. The molecule has 0 heterocycles. The van der Waals surface area contributed by atoms with Crippen LogP contribution in [0.1, 0.15) is 35.3 Å². The summed E-state index contributed by atoms with van der Waals surface area (Å²) in [7, 11) is 1.34. The monoisotopic (exact) mass is 406 g/mol. The zero-order valence-corrected chi connectivity index (χ0v) is 17.5. The number of rotatable bonds is 9. The van der Waals surface area contributed by atoms with E-state index in [1.54, 1.807) is 12.1 Å². The van der Waals surface area contributed by atoms with Gasteiger partial charge in [-0.15, -0.1) is 0 Å². The van der Waals surface area contributed by atoms with Gasteiger partial charge in [-0.05, 0) is 37.1 Å². The molecule has 3 aromatic rings. The molecule has 3 aromatic carbocycles. The molecule has 0 bridgehead atoms. The van der Waals surface area contributed by atoms with E-state index in [2.05, 4.69) is 0 Å². The van der Waals surface area contributed by atoms with E-state index in [1.807, 2.05) is 74.5 Å². The van der Waals surface area contributed by atoms with E-state index in [1.165, 1.54) is 7.11 Å². The average Bonchev–Trinajstić information content (AvgIpc) is 2.77. The van der Waals surface area contributed by atoms with Crippen molar-refractivity contribution in [3.63, 3.8) is 0 Å². The number of ether oxygens (including phenoxy) is 4. The lowest BCUT2D eigenvalue weighted by atomic mass is 10.1. The van der Waals surface area contributed by atoms with Gasteiger partial charge in [-0.3, -0.25) is 0 Å². The number of esters is 1. The largest absolute Gasteiger partial charge is 0.487 e. The van der Waals surface area contributed by atoms with Crippen LogP contribution in [-0.4, -0.2) is 19.2 Å². The molecule has 0 aliphatic rings. The van der Waals surface area contributed by atoms with Crippen molar-refractivity contribution in [3.8, 4) is 17.2 Å². The molecule has 0 spiro atoms. The van der Waals surface area contributed by atoms with Crippen LogP contribution in [0.5, 0.6) is 17.2 Å². The molecule has 3 rings (SSSR count). The van der Waals surface area contributed by atoms with Crippen LogP contribution >= 0.6 is 0 Å². The van der Waals surface area contributed by atoms with E-state index in [-0.39, 0.29) is 6.10 Å². The third-order valence-corrected chi connectivity index (χ3v) is 4.27. The van der Waals surface area contributed by atoms with Gasteiger partial charge >= 0.3 is 5.97 Å². The SMILES string of the molecule is COC(=O)c1cc(OCc2ccccc2)c(OCc2ccccc2)c(OC(C)C)c1. The lowest BCUT2D eigenvalue weighted by molar-refractivity contribution is 0.0599. The second-order valence-corrected chi connectivity index (χ2v) is 7.01. The number of carbonyl (C=O) groups is 1. The molecule has 156 valence electrons. The van der Waals surface area contributed by atoms with Gasteiger partial charge in [0, 0.05) is 0 Å². The van der Waals surface area contributed by atoms with Crippen molar-refractivity contribution < 1.29 is 23.7 Å². The van der Waals surface area contributed by atoms with E-state index < -0.39 is 5.97 Å². The first-order chi connectivity index (χ1) is 14.6. The van der Waals surface area contributed by atoms with Crippen molar-refractivity contribution in [2.75, 3.05) is 7.11 Å². The Morgan fingerprint density at radius 2 is 1.33 bits per heavy atom. The summed E-state index contributed by atoms with van der Waals surface area (Å²) in [5.41, 5.74) is 2.35. The van der Waals surface area contributed by atoms with Crippen molar-refractivity contribution in [1.29, 1.82) is 0 Å². The summed E-state index contributed by atoms with van der Waals surface area (Å²) < 4.78 is 23.0. The fourth-order valence-electron chi connectivity index (χ4n) is 2.87. The first-order valence-corrected chi connectivity index (χ1v) is 9.83. The van der Waals surface area contributed by atoms with Crippen LogP contribution in [0, 0.1) is 0 Å². The highest BCUT2D eigenvalue weighted by molar-refractivity contribution is 5.91. The smallest absolute Gasteiger partial charge is 0.338 e. The zero-order chi connectivity index (χ0) is 21.3. The molecule has 0 fully saturated rings. The summed E-state index contributed by atoms with van der Waals surface area (Å²) in [6, 6.07) is 22.9. The number of hydrogen-bond donors (Lipinski definition) is 0. The molecule has 0 saturated heterocycles. The van der Waals surface area contributed by atoms with Crippen molar-refractivity contribution >= 4 is 5.97 Å². The first-order valence-electron chi connectivity index (χ1n) is 9.83. The van der Waals surface area contributed by atoms with Gasteiger partial charge in [0.1, 0.15) is 13.2 Å². The van der Waals surface area contributed by atoms with Crippen molar-refractivity contribution in [3.05, 3.63) is 89.5 Å². The number of methoxy groups -OCH3 is 1. The van der Waals surface area contributed by atoms with E-state index >= 15 is 0 Å². The maximum atomic E-state index is 12.2. The molecule has 5 nitrogen and oxygen atoms in total. The summed E-state index contributed by atoms with van der Waals surface area (Å²) in [6.45, 7) is 4.50. The fourth-order valence-corrected chi connectivity index (χ4v) is 2.87. The van der Waals surface area contributed by atoms with E-state index in [4.69, 9.17) is 18.9 Å². The number of carbonyl (C=O) groups excluding carboxylic acids is 1. The minimum Gasteiger partial charge on any atom is -0.487 e. The summed E-state index contributed by atoms with van der Waals surface area (Å²) >= 11 is 0. The lowest BCUT2D eigenvalue weighted by Crippen LogP contribution is -2.11. The van der Waals surface area contributed by atoms with Crippen LogP contribution < -0.4 is 14.2 Å². The third kappa shape index (κ3) is 5.77. The number of benzene rings is 3. The van der Waals surface area contributed by atoms with Crippen LogP contribution in [0.15, 0.2) is 72.8 Å². The van der Waals surface area contributed by atoms with Crippen molar-refractivity contribution in [2.24, 2.45) is 0 Å². The molecule has 0 unspecified atom stereocenters. The van der Waals surface area contributed by atoms with Crippen LogP contribution in [0.2, 0.25) is 0 Å². The Morgan fingerprint density at radius 1 is 0.800 bits per heavy atom. The minimum absolute atomic E-state index is 0.112. The molecular formula is C25H26O5. The molecule has 0 aliphatic heterocycles. The Hall–Kier alpha value is -3.47. The second kappa shape index (κ2) is 10.3. The molecular weight excluding hydrogens is 380 g/mol. The van der Waals surface area contributed by atoms with Gasteiger partial charge in [0.05, 0.1) is 18.8 Å². The molecule has 0 aliphatic carbocycles. The quantitative estimate of drug-likeness (QED) is 0.444. The van der Waals surface area contributed by atoms with Crippen molar-refractivity contribution in [1.82, 2.24) is 0 Å². The lowest BCUT2D eigenvalue weighted by Gasteiger charge is -2.20. The van der Waals surface area contributed by atoms with Crippen LogP contribution in [0.3, 0.4) is 0 Å². The standard InChI is InChI=1S/C25H26O5/c1-18(2)30-23-15-21(25(26)27-3)14-22(28-16-19-10-6-4-7-11-19)24(23)29-17-20-12-8-5-9-13-20/h4-15,18H,16-17H2,1-3H3. The Labute approximate surface area is 177 Å². The number of hydrogen-bond acceptors (Lipinski definition) is 5. The topological polar surface area (TPSA) is 54.0 Å². The van der Waals surface area contributed by atoms with Gasteiger partial charge in [0.25, 0.3) is 0 Å². The van der Waals surface area contributed by atoms with Crippen LogP contribution in [-0.2, 0) is 18.0 Å². The highest BCUT2D eigenvalue weighted by atomic mass is 16.5. The Morgan fingerprint density at radius 3 is 1.87 bits per heavy atom. The van der Waals surface area contributed by atoms with Crippen LogP contribution in [0.4, 0.5) is 0 Å². The molecule has 0 saturated carbocycles. The van der Waals surface area contributed by atoms with Gasteiger partial charge < -0.3 is 18.9 Å². The van der Waals surface area contributed by atoms with Gasteiger partial charge in [0.15, 0.2) is 11.5 Å². The highest BCUT2D eigenvalue weighted by Crippen LogP contribution is 2.40. The van der Waals surface area contributed by atoms with Gasteiger partial charge in [-0.1, -0.05) is 60.7 Å². The molecule has 0 radical (unpaired) electrons. The van der Waals surface area contributed by atoms with E-state index in [0.29, 0.717) is 36.0 Å². The predicted octanol–water partition coefficient (Wildman–Crippen LogP) is 5.42. The first kappa shape index (κ1) is 21.2. The molecule has 0 aromatic heterocycles. The van der Waals surface area contributed by atoms with Crippen molar-refractivity contribution in [2.45, 2.75) is 33.2 Å². The Bertz CT molecular complexity index is 952. The summed E-state index contributed by atoms with van der Waals surface area (Å²) in [6.07, 6.45) is -0.112. The Balaban J connectivity index is 1.96. The van der Waals surface area contributed by atoms with Gasteiger partial charge in [-0.2, -0.15) is 0 Å². The third-order valence-electron chi connectivity index (χ3n) is 4.27. The summed E-state index contributed by atoms with van der Waals surface area (Å²) in [4.78, 5) is 12.2. The molecule has 0 atom stereocenters. The minimum atomic E-state index is -0.470. The maximum Gasteiger partial charge on any atom is 0.338 e.